The maximum absolute atomic E-state index is 10.9. The molecule has 0 aromatic heterocycles. The molecule has 0 fully saturated rings. The van der Waals surface area contributed by atoms with Gasteiger partial charge in [0.05, 0.1) is 12.2 Å². The molecule has 1 N–H and O–H groups in total. The molecule has 0 aromatic carbocycles. The van der Waals surface area contributed by atoms with Crippen LogP contribution in [0.15, 0.2) is 24.0 Å². The zero-order valence-corrected chi connectivity index (χ0v) is 6.76. The van der Waals surface area contributed by atoms with Crippen molar-refractivity contribution in [2.75, 3.05) is 6.61 Å². The van der Waals surface area contributed by atoms with Gasteiger partial charge in [-0.2, -0.15) is 0 Å². The second-order valence-corrected chi connectivity index (χ2v) is 1.93. The summed E-state index contributed by atoms with van der Waals surface area (Å²) in [7, 11) is 0. The number of hydrogen-bond donors (Lipinski definition) is 1. The maximum atomic E-state index is 10.9. The molecule has 0 aliphatic carbocycles. The van der Waals surface area contributed by atoms with E-state index in [9.17, 15) is 4.79 Å². The molecule has 0 amide bonds. The summed E-state index contributed by atoms with van der Waals surface area (Å²) in [5, 5.41) is 8.98. The number of carbonyl (C=O) groups excluding carboxylic acids is 1. The van der Waals surface area contributed by atoms with Crippen LogP contribution in [-0.2, 0) is 9.53 Å². The fourth-order valence-electron chi connectivity index (χ4n) is 0.497. The van der Waals surface area contributed by atoms with E-state index in [1.54, 1.807) is 6.92 Å². The molecule has 0 saturated heterocycles. The highest BCUT2D eigenvalue weighted by molar-refractivity contribution is 5.88. The third-order valence-corrected chi connectivity index (χ3v) is 1.16. The first-order valence-electron chi connectivity index (χ1n) is 3.32. The van der Waals surface area contributed by atoms with Crippen molar-refractivity contribution in [1.82, 2.24) is 0 Å². The van der Waals surface area contributed by atoms with Crippen LogP contribution in [0.3, 0.4) is 0 Å². The summed E-state index contributed by atoms with van der Waals surface area (Å²) in [6, 6.07) is 0. The number of allylic oxidation sites excluding steroid dienone is 1. The van der Waals surface area contributed by atoms with Crippen molar-refractivity contribution in [3.63, 3.8) is 0 Å². The number of ether oxygens (including phenoxy) is 1. The normalized spacial score (nSPS) is 11.8. The molecule has 0 rings (SSSR count). The van der Waals surface area contributed by atoms with Gasteiger partial charge in [0, 0.05) is 0 Å². The van der Waals surface area contributed by atoms with E-state index in [2.05, 4.69) is 11.3 Å². The molecular weight excluding hydrogens is 144 g/mol. The summed E-state index contributed by atoms with van der Waals surface area (Å²) in [5.74, 6) is -0.645. The Morgan fingerprint density at radius 3 is 2.64 bits per heavy atom. The van der Waals surface area contributed by atoms with Crippen LogP contribution in [0.25, 0.3) is 0 Å². The minimum absolute atomic E-state index is 0.136. The smallest absolute Gasteiger partial charge is 0.337 e. The molecule has 62 valence electrons. The van der Waals surface area contributed by atoms with Crippen LogP contribution in [0, 0.1) is 0 Å². The summed E-state index contributed by atoms with van der Waals surface area (Å²) in [6.07, 6.45) is 1.20. The van der Waals surface area contributed by atoms with Crippen LogP contribution < -0.4 is 0 Å². The van der Waals surface area contributed by atoms with E-state index >= 15 is 0 Å². The third-order valence-electron chi connectivity index (χ3n) is 1.16. The molecule has 3 nitrogen and oxygen atoms in total. The van der Waals surface area contributed by atoms with Crippen molar-refractivity contribution in [2.45, 2.75) is 13.8 Å². The van der Waals surface area contributed by atoms with Crippen molar-refractivity contribution in [1.29, 1.82) is 0 Å². The molecule has 0 heterocycles. The number of aliphatic hydroxyl groups excluding tert-OH is 1. The van der Waals surface area contributed by atoms with Crippen molar-refractivity contribution >= 4 is 5.97 Å². The molecule has 0 atom stereocenters. The molecule has 3 heteroatoms. The van der Waals surface area contributed by atoms with Gasteiger partial charge in [-0.1, -0.05) is 6.58 Å². The van der Waals surface area contributed by atoms with Gasteiger partial charge in [-0.05, 0) is 19.9 Å². The van der Waals surface area contributed by atoms with Gasteiger partial charge in [0.15, 0.2) is 0 Å². The minimum Gasteiger partial charge on any atom is -0.507 e. The monoisotopic (exact) mass is 156 g/mol. The Morgan fingerprint density at radius 1 is 1.73 bits per heavy atom. The van der Waals surface area contributed by atoms with Crippen LogP contribution in [0.1, 0.15) is 13.8 Å². The van der Waals surface area contributed by atoms with Gasteiger partial charge in [-0.3, -0.25) is 0 Å². The van der Waals surface area contributed by atoms with Gasteiger partial charge < -0.3 is 9.84 Å². The highest BCUT2D eigenvalue weighted by Crippen LogP contribution is 2.03. The Morgan fingerprint density at radius 2 is 2.27 bits per heavy atom. The average Bonchev–Trinajstić information content (AvgIpc) is 2.02. The zero-order chi connectivity index (χ0) is 8.85. The van der Waals surface area contributed by atoms with Crippen LogP contribution in [0.5, 0.6) is 0 Å². The van der Waals surface area contributed by atoms with E-state index in [-0.39, 0.29) is 11.3 Å². The van der Waals surface area contributed by atoms with E-state index in [1.807, 2.05) is 0 Å². The van der Waals surface area contributed by atoms with Crippen molar-refractivity contribution in [2.24, 2.45) is 0 Å². The standard InChI is InChI=1S/C8H12O3/c1-4-7(9)6(3)8(10)11-5-2/h4,9H,1,5H2,2-3H3. The fourth-order valence-corrected chi connectivity index (χ4v) is 0.497. The van der Waals surface area contributed by atoms with Crippen molar-refractivity contribution in [3.8, 4) is 0 Å². The molecular formula is C8H12O3. The summed E-state index contributed by atoms with van der Waals surface area (Å²) in [6.45, 7) is 6.80. The second-order valence-electron chi connectivity index (χ2n) is 1.93. The number of hydrogen-bond acceptors (Lipinski definition) is 3. The van der Waals surface area contributed by atoms with E-state index in [1.165, 1.54) is 13.0 Å². The molecule has 0 aromatic rings. The number of carbonyl (C=O) groups is 1. The van der Waals surface area contributed by atoms with Crippen LogP contribution in [-0.4, -0.2) is 17.7 Å². The quantitative estimate of drug-likeness (QED) is 0.292. The Balaban J connectivity index is 4.33. The summed E-state index contributed by atoms with van der Waals surface area (Å²) in [5.41, 5.74) is 0.182. The Kier molecular flexibility index (Phi) is 4.03. The molecule has 0 saturated carbocycles. The minimum atomic E-state index is -0.509. The molecule has 11 heavy (non-hydrogen) atoms. The molecule has 0 radical (unpaired) electrons. The van der Waals surface area contributed by atoms with E-state index in [0.717, 1.165) is 0 Å². The first-order chi connectivity index (χ1) is 5.13. The second kappa shape index (κ2) is 4.55. The van der Waals surface area contributed by atoms with E-state index < -0.39 is 5.97 Å². The third kappa shape index (κ3) is 2.89. The summed E-state index contributed by atoms with van der Waals surface area (Å²) in [4.78, 5) is 10.9. The lowest BCUT2D eigenvalue weighted by molar-refractivity contribution is -0.138. The van der Waals surface area contributed by atoms with E-state index in [0.29, 0.717) is 6.61 Å². The van der Waals surface area contributed by atoms with Crippen LogP contribution >= 0.6 is 0 Å². The molecule has 0 spiro atoms. The topological polar surface area (TPSA) is 46.5 Å². The molecule has 0 bridgehead atoms. The fraction of sp³-hybridized carbons (Fsp3) is 0.375. The lowest BCUT2D eigenvalue weighted by atomic mass is 10.2. The zero-order valence-electron chi connectivity index (χ0n) is 6.76. The van der Waals surface area contributed by atoms with Crippen LogP contribution in [0.2, 0.25) is 0 Å². The molecule has 0 aliphatic rings. The average molecular weight is 156 g/mol. The number of aliphatic hydroxyl groups is 1. The van der Waals surface area contributed by atoms with Crippen molar-refractivity contribution < 1.29 is 14.6 Å². The Bertz CT molecular complexity index is 192. The predicted molar refractivity (Wildman–Crippen MR) is 42.2 cm³/mol. The van der Waals surface area contributed by atoms with Gasteiger partial charge in [-0.15, -0.1) is 0 Å². The lowest BCUT2D eigenvalue weighted by Gasteiger charge is -2.01. The maximum Gasteiger partial charge on any atom is 0.337 e. The first-order valence-corrected chi connectivity index (χ1v) is 3.32. The highest BCUT2D eigenvalue weighted by atomic mass is 16.5. The Hall–Kier alpha value is -1.25. The highest BCUT2D eigenvalue weighted by Gasteiger charge is 2.07. The van der Waals surface area contributed by atoms with E-state index in [4.69, 9.17) is 5.11 Å². The van der Waals surface area contributed by atoms with Gasteiger partial charge in [-0.25, -0.2) is 4.79 Å². The van der Waals surface area contributed by atoms with Gasteiger partial charge in [0.1, 0.15) is 5.76 Å². The first kappa shape index (κ1) is 9.75. The predicted octanol–water partition coefficient (Wildman–Crippen LogP) is 1.57. The largest absolute Gasteiger partial charge is 0.507 e. The molecule has 0 aliphatic heterocycles. The summed E-state index contributed by atoms with van der Waals surface area (Å²) >= 11 is 0. The number of esters is 1. The van der Waals surface area contributed by atoms with Gasteiger partial charge >= 0.3 is 5.97 Å². The van der Waals surface area contributed by atoms with Crippen LogP contribution in [0.4, 0.5) is 0 Å². The Labute approximate surface area is 66.0 Å². The SMILES string of the molecule is C=CC(O)=C(C)C(=O)OCC. The van der Waals surface area contributed by atoms with Gasteiger partial charge in [0.2, 0.25) is 0 Å². The summed E-state index contributed by atoms with van der Waals surface area (Å²) < 4.78 is 4.62. The molecule has 0 unspecified atom stereocenters. The van der Waals surface area contributed by atoms with Crippen molar-refractivity contribution in [3.05, 3.63) is 24.0 Å². The number of rotatable bonds is 3. The van der Waals surface area contributed by atoms with Gasteiger partial charge in [0.25, 0.3) is 0 Å². The lowest BCUT2D eigenvalue weighted by Crippen LogP contribution is -2.06.